The molecule has 0 saturated carbocycles. The van der Waals surface area contributed by atoms with Crippen LogP contribution in [0.15, 0.2) is 30.3 Å². The van der Waals surface area contributed by atoms with Crippen LogP contribution in [-0.4, -0.2) is 23.8 Å². The van der Waals surface area contributed by atoms with Crippen molar-refractivity contribution in [3.63, 3.8) is 0 Å². The second kappa shape index (κ2) is 5.85. The van der Waals surface area contributed by atoms with E-state index in [9.17, 15) is 5.11 Å². The topological polar surface area (TPSA) is 32.3 Å². The SMILES string of the molecule is CC(C)C(C)(O)CNCC(C)(C)c1ccccc1. The Hall–Kier alpha value is -0.860. The molecule has 0 aliphatic carbocycles. The molecule has 0 spiro atoms. The third-order valence-corrected chi connectivity index (χ3v) is 3.85. The maximum atomic E-state index is 10.2. The summed E-state index contributed by atoms with van der Waals surface area (Å²) in [6, 6.07) is 10.5. The van der Waals surface area contributed by atoms with Gasteiger partial charge in [0.05, 0.1) is 5.60 Å². The van der Waals surface area contributed by atoms with Gasteiger partial charge in [0.15, 0.2) is 0 Å². The molecule has 18 heavy (non-hydrogen) atoms. The smallest absolute Gasteiger partial charge is 0.0766 e. The summed E-state index contributed by atoms with van der Waals surface area (Å²) in [5, 5.41) is 13.6. The molecule has 0 aliphatic rings. The molecule has 1 unspecified atom stereocenters. The Bertz CT molecular complexity index is 355. The van der Waals surface area contributed by atoms with Crippen molar-refractivity contribution >= 4 is 0 Å². The fraction of sp³-hybridized carbons (Fsp3) is 0.625. The lowest BCUT2D eigenvalue weighted by Crippen LogP contribution is -2.45. The Morgan fingerprint density at radius 1 is 1.06 bits per heavy atom. The van der Waals surface area contributed by atoms with Crippen LogP contribution in [0.25, 0.3) is 0 Å². The van der Waals surface area contributed by atoms with Crippen LogP contribution >= 0.6 is 0 Å². The number of hydrogen-bond acceptors (Lipinski definition) is 2. The molecular weight excluding hydrogens is 222 g/mol. The van der Waals surface area contributed by atoms with Crippen molar-refractivity contribution in [3.8, 4) is 0 Å². The number of nitrogens with one attached hydrogen (secondary N) is 1. The van der Waals surface area contributed by atoms with Crippen molar-refractivity contribution in [3.05, 3.63) is 35.9 Å². The van der Waals surface area contributed by atoms with Crippen LogP contribution in [0.2, 0.25) is 0 Å². The van der Waals surface area contributed by atoms with Crippen molar-refractivity contribution in [2.75, 3.05) is 13.1 Å². The lowest BCUT2D eigenvalue weighted by molar-refractivity contribution is 0.0135. The molecule has 0 radical (unpaired) electrons. The van der Waals surface area contributed by atoms with Gasteiger partial charge in [0.2, 0.25) is 0 Å². The van der Waals surface area contributed by atoms with Crippen LogP contribution in [0.4, 0.5) is 0 Å². The van der Waals surface area contributed by atoms with Crippen LogP contribution in [-0.2, 0) is 5.41 Å². The van der Waals surface area contributed by atoms with Crippen molar-refractivity contribution in [2.24, 2.45) is 5.92 Å². The van der Waals surface area contributed by atoms with Crippen molar-refractivity contribution in [1.82, 2.24) is 5.32 Å². The summed E-state index contributed by atoms with van der Waals surface area (Å²) in [5.74, 6) is 0.254. The number of rotatable bonds is 6. The predicted octanol–water partition coefficient (Wildman–Crippen LogP) is 2.96. The van der Waals surface area contributed by atoms with E-state index < -0.39 is 5.60 Å². The first-order chi connectivity index (χ1) is 8.26. The molecule has 1 rings (SSSR count). The highest BCUT2D eigenvalue weighted by Gasteiger charge is 2.26. The van der Waals surface area contributed by atoms with E-state index in [1.807, 2.05) is 26.8 Å². The highest BCUT2D eigenvalue weighted by molar-refractivity contribution is 5.23. The highest BCUT2D eigenvalue weighted by Crippen LogP contribution is 2.22. The molecule has 0 fully saturated rings. The normalized spacial score (nSPS) is 15.7. The molecule has 2 heteroatoms. The largest absolute Gasteiger partial charge is 0.389 e. The van der Waals surface area contributed by atoms with Gasteiger partial charge in [0, 0.05) is 18.5 Å². The second-order valence-corrected chi connectivity index (χ2v) is 6.37. The summed E-state index contributed by atoms with van der Waals surface area (Å²) in [4.78, 5) is 0. The molecule has 1 aromatic rings. The maximum absolute atomic E-state index is 10.2. The Kier molecular flexibility index (Phi) is 4.94. The predicted molar refractivity (Wildman–Crippen MR) is 77.8 cm³/mol. The van der Waals surface area contributed by atoms with Gasteiger partial charge in [-0.3, -0.25) is 0 Å². The third-order valence-electron chi connectivity index (χ3n) is 3.85. The van der Waals surface area contributed by atoms with Gasteiger partial charge in [0.1, 0.15) is 0 Å². The third kappa shape index (κ3) is 4.11. The Morgan fingerprint density at radius 2 is 1.61 bits per heavy atom. The van der Waals surface area contributed by atoms with Crippen molar-refractivity contribution in [1.29, 1.82) is 0 Å². The fourth-order valence-electron chi connectivity index (χ4n) is 1.82. The van der Waals surface area contributed by atoms with E-state index in [0.717, 1.165) is 6.54 Å². The van der Waals surface area contributed by atoms with Gasteiger partial charge in [-0.2, -0.15) is 0 Å². The molecule has 102 valence electrons. The fourth-order valence-corrected chi connectivity index (χ4v) is 1.82. The molecule has 0 heterocycles. The van der Waals surface area contributed by atoms with Crippen molar-refractivity contribution in [2.45, 2.75) is 45.6 Å². The Labute approximate surface area is 111 Å². The number of benzene rings is 1. The minimum Gasteiger partial charge on any atom is -0.389 e. The number of aliphatic hydroxyl groups is 1. The molecule has 1 aromatic carbocycles. The van der Waals surface area contributed by atoms with E-state index in [0.29, 0.717) is 6.54 Å². The zero-order valence-electron chi connectivity index (χ0n) is 12.3. The monoisotopic (exact) mass is 249 g/mol. The van der Waals surface area contributed by atoms with Gasteiger partial charge >= 0.3 is 0 Å². The van der Waals surface area contributed by atoms with Crippen LogP contribution in [0.1, 0.15) is 40.2 Å². The van der Waals surface area contributed by atoms with E-state index in [1.54, 1.807) is 0 Å². The zero-order valence-corrected chi connectivity index (χ0v) is 12.3. The van der Waals surface area contributed by atoms with Crippen molar-refractivity contribution < 1.29 is 5.11 Å². The molecule has 0 aliphatic heterocycles. The van der Waals surface area contributed by atoms with Gasteiger partial charge in [-0.1, -0.05) is 58.0 Å². The molecule has 1 atom stereocenters. The molecular formula is C16H27NO. The van der Waals surface area contributed by atoms with E-state index in [1.165, 1.54) is 5.56 Å². The molecule has 2 N–H and O–H groups in total. The van der Waals surface area contributed by atoms with Gasteiger partial charge < -0.3 is 10.4 Å². The summed E-state index contributed by atoms with van der Waals surface area (Å²) in [7, 11) is 0. The molecule has 2 nitrogen and oxygen atoms in total. The van der Waals surface area contributed by atoms with Crippen LogP contribution in [0.5, 0.6) is 0 Å². The summed E-state index contributed by atoms with van der Waals surface area (Å²) in [6.07, 6.45) is 0. The van der Waals surface area contributed by atoms with Gasteiger partial charge in [-0.05, 0) is 18.4 Å². The summed E-state index contributed by atoms with van der Waals surface area (Å²) in [5.41, 5.74) is 0.753. The van der Waals surface area contributed by atoms with Crippen LogP contribution in [0.3, 0.4) is 0 Å². The van der Waals surface area contributed by atoms with E-state index in [-0.39, 0.29) is 11.3 Å². The summed E-state index contributed by atoms with van der Waals surface area (Å²) in [6.45, 7) is 11.9. The van der Waals surface area contributed by atoms with Gasteiger partial charge in [0.25, 0.3) is 0 Å². The average Bonchev–Trinajstić information content (AvgIpc) is 2.29. The summed E-state index contributed by atoms with van der Waals surface area (Å²) >= 11 is 0. The second-order valence-electron chi connectivity index (χ2n) is 6.37. The van der Waals surface area contributed by atoms with E-state index >= 15 is 0 Å². The minimum atomic E-state index is -0.646. The van der Waals surface area contributed by atoms with Crippen LogP contribution in [0, 0.1) is 5.92 Å². The Balaban J connectivity index is 2.53. The quantitative estimate of drug-likeness (QED) is 0.812. The van der Waals surface area contributed by atoms with Gasteiger partial charge in [-0.15, -0.1) is 0 Å². The van der Waals surface area contributed by atoms with Crippen LogP contribution < -0.4 is 5.32 Å². The Morgan fingerprint density at radius 3 is 2.11 bits per heavy atom. The minimum absolute atomic E-state index is 0.0777. The van der Waals surface area contributed by atoms with Gasteiger partial charge in [-0.25, -0.2) is 0 Å². The van der Waals surface area contributed by atoms with E-state index in [4.69, 9.17) is 0 Å². The number of hydrogen-bond donors (Lipinski definition) is 2. The molecule has 0 saturated heterocycles. The first-order valence-electron chi connectivity index (χ1n) is 6.74. The zero-order chi connectivity index (χ0) is 13.8. The lowest BCUT2D eigenvalue weighted by Gasteiger charge is -2.31. The maximum Gasteiger partial charge on any atom is 0.0766 e. The molecule has 0 amide bonds. The summed E-state index contributed by atoms with van der Waals surface area (Å²) < 4.78 is 0. The lowest BCUT2D eigenvalue weighted by atomic mass is 9.84. The molecule has 0 bridgehead atoms. The van der Waals surface area contributed by atoms with E-state index in [2.05, 4.69) is 43.4 Å². The standard InChI is InChI=1S/C16H27NO/c1-13(2)16(5,18)12-17-11-15(3,4)14-9-7-6-8-10-14/h6-10,13,17-18H,11-12H2,1-5H3. The highest BCUT2D eigenvalue weighted by atomic mass is 16.3. The first kappa shape index (κ1) is 15.2. The molecule has 0 aromatic heterocycles. The first-order valence-corrected chi connectivity index (χ1v) is 6.74. The average molecular weight is 249 g/mol.